The molecule has 0 aliphatic carbocycles. The monoisotopic (exact) mass is 552 g/mol. The van der Waals surface area contributed by atoms with Crippen LogP contribution in [0, 0.1) is 0 Å². The van der Waals surface area contributed by atoms with Crippen molar-refractivity contribution in [1.82, 2.24) is 16.0 Å². The van der Waals surface area contributed by atoms with Crippen molar-refractivity contribution < 1.29 is 24.3 Å². The van der Waals surface area contributed by atoms with Gasteiger partial charge in [-0.25, -0.2) is 4.79 Å². The van der Waals surface area contributed by atoms with Crippen LogP contribution in [0.5, 0.6) is 0 Å². The predicted molar refractivity (Wildman–Crippen MR) is 148 cm³/mol. The van der Waals surface area contributed by atoms with Crippen LogP contribution >= 0.6 is 12.6 Å². The van der Waals surface area contributed by atoms with E-state index in [1.54, 1.807) is 30.3 Å². The zero-order chi connectivity index (χ0) is 28.5. The highest BCUT2D eigenvalue weighted by molar-refractivity contribution is 7.80. The molecule has 38 heavy (non-hydrogen) atoms. The molecule has 3 amide bonds. The maximum atomic E-state index is 13.1. The Balaban J connectivity index is 2.92. The Morgan fingerprint density at radius 3 is 2.05 bits per heavy atom. The first-order valence-corrected chi connectivity index (χ1v) is 13.0. The van der Waals surface area contributed by atoms with E-state index in [1.165, 1.54) is 0 Å². The maximum absolute atomic E-state index is 13.1. The molecule has 0 bridgehead atoms. The van der Waals surface area contributed by atoms with E-state index in [0.29, 0.717) is 31.4 Å². The number of guanidine groups is 1. The van der Waals surface area contributed by atoms with Gasteiger partial charge in [-0.15, -0.1) is 0 Å². The fourth-order valence-corrected chi connectivity index (χ4v) is 3.74. The molecule has 1 aromatic carbocycles. The van der Waals surface area contributed by atoms with Crippen LogP contribution < -0.4 is 38.9 Å². The average Bonchev–Trinajstić information content (AvgIpc) is 2.88. The molecule has 1 rings (SSSR count). The smallest absolute Gasteiger partial charge is 0.326 e. The van der Waals surface area contributed by atoms with Crippen molar-refractivity contribution in [2.75, 3.05) is 18.8 Å². The Labute approximate surface area is 228 Å². The van der Waals surface area contributed by atoms with E-state index >= 15 is 0 Å². The minimum absolute atomic E-state index is 0.0496. The van der Waals surface area contributed by atoms with Gasteiger partial charge in [0.15, 0.2) is 5.96 Å². The Morgan fingerprint density at radius 2 is 1.47 bits per heavy atom. The van der Waals surface area contributed by atoms with Gasteiger partial charge >= 0.3 is 5.97 Å². The van der Waals surface area contributed by atoms with Crippen LogP contribution in [0.15, 0.2) is 35.3 Å². The summed E-state index contributed by atoms with van der Waals surface area (Å²) in [4.78, 5) is 54.2. The number of aliphatic carboxylic acids is 1. The lowest BCUT2D eigenvalue weighted by molar-refractivity contribution is -0.142. The molecule has 0 saturated carbocycles. The number of unbranched alkanes of at least 4 members (excludes halogenated alkanes) is 1. The fraction of sp³-hybridized carbons (Fsp3) is 0.542. The molecule has 212 valence electrons. The van der Waals surface area contributed by atoms with Gasteiger partial charge in [0, 0.05) is 18.7 Å². The van der Waals surface area contributed by atoms with E-state index in [9.17, 15) is 24.3 Å². The van der Waals surface area contributed by atoms with Crippen molar-refractivity contribution in [3.05, 3.63) is 35.9 Å². The summed E-state index contributed by atoms with van der Waals surface area (Å²) >= 11 is 4.15. The molecular weight excluding hydrogens is 512 g/mol. The molecule has 1 aromatic rings. The largest absolute Gasteiger partial charge is 0.480 e. The number of carbonyl (C=O) groups is 4. The van der Waals surface area contributed by atoms with Crippen molar-refractivity contribution in [3.8, 4) is 0 Å². The van der Waals surface area contributed by atoms with Crippen LogP contribution in [0.4, 0.5) is 0 Å². The highest BCUT2D eigenvalue weighted by Gasteiger charge is 2.29. The van der Waals surface area contributed by atoms with E-state index in [2.05, 4.69) is 33.6 Å². The third kappa shape index (κ3) is 12.7. The summed E-state index contributed by atoms with van der Waals surface area (Å²) in [7, 11) is 0. The third-order valence-electron chi connectivity index (χ3n) is 5.60. The summed E-state index contributed by atoms with van der Waals surface area (Å²) in [6.07, 6.45) is 2.25. The average molecular weight is 553 g/mol. The Morgan fingerprint density at radius 1 is 0.868 bits per heavy atom. The van der Waals surface area contributed by atoms with Gasteiger partial charge in [-0.3, -0.25) is 19.4 Å². The van der Waals surface area contributed by atoms with Gasteiger partial charge in [0.05, 0.1) is 6.04 Å². The molecule has 0 spiro atoms. The predicted octanol–water partition coefficient (Wildman–Crippen LogP) is -1.79. The second-order valence-corrected chi connectivity index (χ2v) is 9.10. The van der Waals surface area contributed by atoms with Crippen LogP contribution in [0.25, 0.3) is 0 Å². The molecule has 13 nitrogen and oxygen atoms in total. The molecule has 4 unspecified atom stereocenters. The number of rotatable bonds is 18. The second kappa shape index (κ2) is 18.0. The van der Waals surface area contributed by atoms with Crippen LogP contribution in [0.1, 0.15) is 37.7 Å². The lowest BCUT2D eigenvalue weighted by Crippen LogP contribution is -2.57. The quantitative estimate of drug-likeness (QED) is 0.0431. The molecule has 4 atom stereocenters. The van der Waals surface area contributed by atoms with E-state index in [4.69, 9.17) is 22.9 Å². The van der Waals surface area contributed by atoms with Crippen molar-refractivity contribution in [2.45, 2.75) is 62.7 Å². The van der Waals surface area contributed by atoms with Crippen LogP contribution in [-0.2, 0) is 25.6 Å². The number of nitrogens with two attached hydrogens (primary N) is 4. The Bertz CT molecular complexity index is 930. The van der Waals surface area contributed by atoms with E-state index in [-0.39, 0.29) is 31.1 Å². The van der Waals surface area contributed by atoms with Gasteiger partial charge in [-0.05, 0) is 37.8 Å². The molecule has 0 aliphatic rings. The summed E-state index contributed by atoms with van der Waals surface area (Å²) in [6, 6.07) is 4.57. The van der Waals surface area contributed by atoms with Crippen molar-refractivity contribution in [2.24, 2.45) is 27.9 Å². The number of carboxylic acid groups (broad SMARTS) is 1. The van der Waals surface area contributed by atoms with Gasteiger partial charge in [0.1, 0.15) is 18.1 Å². The minimum atomic E-state index is -1.23. The van der Waals surface area contributed by atoms with E-state index in [1.807, 2.05) is 0 Å². The summed E-state index contributed by atoms with van der Waals surface area (Å²) in [6.45, 7) is 0.676. The second-order valence-electron chi connectivity index (χ2n) is 8.73. The summed E-state index contributed by atoms with van der Waals surface area (Å²) in [5.74, 6) is -3.30. The van der Waals surface area contributed by atoms with Crippen LogP contribution in [0.3, 0.4) is 0 Å². The zero-order valence-electron chi connectivity index (χ0n) is 21.3. The van der Waals surface area contributed by atoms with Crippen LogP contribution in [0.2, 0.25) is 0 Å². The Hall–Kier alpha value is -3.36. The van der Waals surface area contributed by atoms with E-state index < -0.39 is 47.9 Å². The van der Waals surface area contributed by atoms with Crippen molar-refractivity contribution >= 4 is 42.3 Å². The first kappa shape index (κ1) is 32.7. The Kier molecular flexibility index (Phi) is 15.5. The summed E-state index contributed by atoms with van der Waals surface area (Å²) in [5, 5.41) is 17.3. The van der Waals surface area contributed by atoms with Gasteiger partial charge < -0.3 is 44.0 Å². The normalized spacial score (nSPS) is 13.9. The van der Waals surface area contributed by atoms with Crippen molar-refractivity contribution in [1.29, 1.82) is 0 Å². The maximum Gasteiger partial charge on any atom is 0.326 e. The molecule has 0 fully saturated rings. The van der Waals surface area contributed by atoms with Gasteiger partial charge in [-0.1, -0.05) is 36.8 Å². The molecule has 0 aromatic heterocycles. The SMILES string of the molecule is NCCCCC(N)C(=O)NC(CS)C(=O)NC(CCCN=C(N)N)C(=O)NC(Cc1ccccc1)C(=O)O. The minimum Gasteiger partial charge on any atom is -0.480 e. The van der Waals surface area contributed by atoms with Crippen molar-refractivity contribution in [3.63, 3.8) is 0 Å². The molecule has 0 radical (unpaired) electrons. The molecule has 14 heteroatoms. The molecule has 0 aliphatic heterocycles. The topological polar surface area (TPSA) is 241 Å². The van der Waals surface area contributed by atoms with Gasteiger partial charge in [-0.2, -0.15) is 12.6 Å². The summed E-state index contributed by atoms with van der Waals surface area (Å²) < 4.78 is 0. The highest BCUT2D eigenvalue weighted by Crippen LogP contribution is 2.07. The lowest BCUT2D eigenvalue weighted by Gasteiger charge is -2.24. The number of hydrogen-bond donors (Lipinski definition) is 9. The number of benzene rings is 1. The number of carbonyl (C=O) groups excluding carboxylic acids is 3. The number of nitrogens with one attached hydrogen (secondary N) is 3. The number of thiol groups is 1. The zero-order valence-corrected chi connectivity index (χ0v) is 22.2. The highest BCUT2D eigenvalue weighted by atomic mass is 32.1. The number of hydrogen-bond acceptors (Lipinski definition) is 8. The van der Waals surface area contributed by atoms with E-state index in [0.717, 1.165) is 6.42 Å². The number of nitrogens with zero attached hydrogens (tertiary/aromatic N) is 1. The molecule has 0 saturated heterocycles. The standard InChI is InChI=1S/C24H40N8O5S/c25-11-5-4-9-16(26)20(33)32-19(14-38)22(35)30-17(10-6-12-29-24(27)28)21(34)31-18(23(36)37)13-15-7-2-1-3-8-15/h1-3,7-8,16-19,38H,4-6,9-14,25-26H2,(H,30,35)(H,31,34)(H,32,33)(H,36,37)(H4,27,28,29). The number of aliphatic imine (C=N–C) groups is 1. The number of amides is 3. The first-order valence-electron chi connectivity index (χ1n) is 12.4. The van der Waals surface area contributed by atoms with Crippen LogP contribution in [-0.4, -0.2) is 77.8 Å². The molecule has 12 N–H and O–H groups in total. The van der Waals surface area contributed by atoms with Gasteiger partial charge in [0.2, 0.25) is 17.7 Å². The fourth-order valence-electron chi connectivity index (χ4n) is 3.48. The molecule has 0 heterocycles. The lowest BCUT2D eigenvalue weighted by atomic mass is 10.0. The third-order valence-corrected chi connectivity index (χ3v) is 5.96. The molecular formula is C24H40N8O5S. The van der Waals surface area contributed by atoms with Gasteiger partial charge in [0.25, 0.3) is 0 Å². The number of carboxylic acids is 1. The first-order chi connectivity index (χ1) is 18.1. The summed E-state index contributed by atoms with van der Waals surface area (Å²) in [5.41, 5.74) is 22.7.